The average Bonchev–Trinajstić information content (AvgIpc) is 3.20. The number of para-hydroxylation sites is 1. The van der Waals surface area contributed by atoms with Gasteiger partial charge in [-0.3, -0.25) is 9.59 Å². The number of fused-ring (bicyclic) bond motifs is 1. The fourth-order valence-corrected chi connectivity index (χ4v) is 3.03. The normalized spacial score (nSPS) is 19.7. The van der Waals surface area contributed by atoms with Gasteiger partial charge in [0.05, 0.1) is 11.3 Å². The summed E-state index contributed by atoms with van der Waals surface area (Å²) < 4.78 is 10.6. The van der Waals surface area contributed by atoms with Gasteiger partial charge in [0.2, 0.25) is 12.7 Å². The van der Waals surface area contributed by atoms with E-state index in [1.807, 2.05) is 25.1 Å². The molecule has 1 heterocycles. The zero-order valence-electron chi connectivity index (χ0n) is 14.5. The van der Waals surface area contributed by atoms with E-state index >= 15 is 0 Å². The van der Waals surface area contributed by atoms with Crippen molar-refractivity contribution >= 4 is 17.5 Å². The third-order valence-corrected chi connectivity index (χ3v) is 4.77. The quantitative estimate of drug-likeness (QED) is 0.867. The Bertz CT molecular complexity index is 865. The molecule has 26 heavy (non-hydrogen) atoms. The molecule has 0 aromatic heterocycles. The van der Waals surface area contributed by atoms with Gasteiger partial charge in [-0.1, -0.05) is 25.1 Å². The summed E-state index contributed by atoms with van der Waals surface area (Å²) in [7, 11) is 0. The molecule has 134 valence electrons. The number of hydrogen-bond donors (Lipinski definition) is 2. The second kappa shape index (κ2) is 6.71. The van der Waals surface area contributed by atoms with Gasteiger partial charge >= 0.3 is 0 Å². The molecule has 1 aliphatic carbocycles. The van der Waals surface area contributed by atoms with Crippen LogP contribution in [-0.2, 0) is 11.3 Å². The zero-order valence-corrected chi connectivity index (χ0v) is 14.5. The molecule has 0 bridgehead atoms. The zero-order chi connectivity index (χ0) is 18.1. The van der Waals surface area contributed by atoms with Crippen molar-refractivity contribution in [3.05, 3.63) is 53.6 Å². The van der Waals surface area contributed by atoms with Gasteiger partial charge in [-0.25, -0.2) is 0 Å². The van der Waals surface area contributed by atoms with Gasteiger partial charge in [0, 0.05) is 12.5 Å². The number of amides is 2. The predicted molar refractivity (Wildman–Crippen MR) is 96.1 cm³/mol. The van der Waals surface area contributed by atoms with Gasteiger partial charge in [-0.15, -0.1) is 0 Å². The first-order valence-corrected chi connectivity index (χ1v) is 8.68. The van der Waals surface area contributed by atoms with Crippen molar-refractivity contribution in [3.8, 4) is 11.5 Å². The summed E-state index contributed by atoms with van der Waals surface area (Å²) in [6.45, 7) is 2.63. The first-order valence-electron chi connectivity index (χ1n) is 8.68. The van der Waals surface area contributed by atoms with Crippen LogP contribution in [0.3, 0.4) is 0 Å². The van der Waals surface area contributed by atoms with E-state index in [0.29, 0.717) is 35.2 Å². The Labute approximate surface area is 151 Å². The van der Waals surface area contributed by atoms with Crippen LogP contribution in [0.25, 0.3) is 0 Å². The molecule has 0 radical (unpaired) electrons. The highest BCUT2D eigenvalue weighted by molar-refractivity contribution is 6.04. The average molecular weight is 352 g/mol. The van der Waals surface area contributed by atoms with Crippen molar-refractivity contribution in [3.63, 3.8) is 0 Å². The van der Waals surface area contributed by atoms with Crippen LogP contribution in [0.4, 0.5) is 5.69 Å². The molecule has 0 unspecified atom stereocenters. The Hall–Kier alpha value is -3.02. The minimum Gasteiger partial charge on any atom is -0.454 e. The van der Waals surface area contributed by atoms with Crippen LogP contribution in [0, 0.1) is 11.8 Å². The lowest BCUT2D eigenvalue weighted by atomic mass is 10.1. The minimum absolute atomic E-state index is 0.0199. The third kappa shape index (κ3) is 3.35. The summed E-state index contributed by atoms with van der Waals surface area (Å²) in [4.78, 5) is 24.8. The lowest BCUT2D eigenvalue weighted by Crippen LogP contribution is -2.25. The largest absolute Gasteiger partial charge is 0.454 e. The summed E-state index contributed by atoms with van der Waals surface area (Å²) in [5.74, 6) is 1.61. The second-order valence-electron chi connectivity index (χ2n) is 6.72. The molecule has 1 saturated carbocycles. The maximum Gasteiger partial charge on any atom is 0.253 e. The second-order valence-corrected chi connectivity index (χ2v) is 6.72. The van der Waals surface area contributed by atoms with Crippen molar-refractivity contribution in [2.24, 2.45) is 11.8 Å². The highest BCUT2D eigenvalue weighted by Crippen LogP contribution is 2.38. The van der Waals surface area contributed by atoms with E-state index in [9.17, 15) is 9.59 Å². The van der Waals surface area contributed by atoms with Gasteiger partial charge in [0.15, 0.2) is 11.5 Å². The molecular formula is C20H20N2O4. The van der Waals surface area contributed by atoms with Crippen LogP contribution >= 0.6 is 0 Å². The number of nitrogens with one attached hydrogen (secondary N) is 2. The SMILES string of the molecule is C[C@@H]1C[C@@H]1C(=O)Nc1ccccc1C(=O)NCc1ccc2c(c1)OCO2. The maximum absolute atomic E-state index is 12.6. The third-order valence-electron chi connectivity index (χ3n) is 4.77. The summed E-state index contributed by atoms with van der Waals surface area (Å²) in [5.41, 5.74) is 1.91. The van der Waals surface area contributed by atoms with E-state index in [1.54, 1.807) is 24.3 Å². The number of carbonyl (C=O) groups is 2. The molecule has 0 saturated heterocycles. The van der Waals surface area contributed by atoms with E-state index < -0.39 is 0 Å². The summed E-state index contributed by atoms with van der Waals surface area (Å²) in [5, 5.41) is 5.77. The highest BCUT2D eigenvalue weighted by Gasteiger charge is 2.39. The molecule has 2 atom stereocenters. The molecule has 2 aromatic rings. The Balaban J connectivity index is 1.42. The van der Waals surface area contributed by atoms with Crippen molar-refractivity contribution in [1.82, 2.24) is 5.32 Å². The van der Waals surface area contributed by atoms with Crippen LogP contribution in [0.1, 0.15) is 29.3 Å². The smallest absolute Gasteiger partial charge is 0.253 e. The number of hydrogen-bond acceptors (Lipinski definition) is 4. The molecular weight excluding hydrogens is 332 g/mol. The van der Waals surface area contributed by atoms with E-state index in [4.69, 9.17) is 9.47 Å². The van der Waals surface area contributed by atoms with Gasteiger partial charge in [0.25, 0.3) is 5.91 Å². The Kier molecular flexibility index (Phi) is 4.24. The molecule has 0 spiro atoms. The van der Waals surface area contributed by atoms with Crippen LogP contribution in [0.5, 0.6) is 11.5 Å². The van der Waals surface area contributed by atoms with E-state index in [1.165, 1.54) is 0 Å². The topological polar surface area (TPSA) is 76.7 Å². The van der Waals surface area contributed by atoms with Crippen molar-refractivity contribution in [2.75, 3.05) is 12.1 Å². The van der Waals surface area contributed by atoms with E-state index in [-0.39, 0.29) is 24.5 Å². The number of anilines is 1. The lowest BCUT2D eigenvalue weighted by Gasteiger charge is -2.11. The molecule has 6 nitrogen and oxygen atoms in total. The van der Waals surface area contributed by atoms with Crippen LogP contribution in [0.15, 0.2) is 42.5 Å². The summed E-state index contributed by atoms with van der Waals surface area (Å²) >= 11 is 0. The number of benzene rings is 2. The van der Waals surface area contributed by atoms with Crippen LogP contribution in [-0.4, -0.2) is 18.6 Å². The van der Waals surface area contributed by atoms with Crippen molar-refractivity contribution in [1.29, 1.82) is 0 Å². The lowest BCUT2D eigenvalue weighted by molar-refractivity contribution is -0.117. The number of carbonyl (C=O) groups excluding carboxylic acids is 2. The van der Waals surface area contributed by atoms with Gasteiger partial charge < -0.3 is 20.1 Å². The Morgan fingerprint density at radius 3 is 2.69 bits per heavy atom. The molecule has 1 fully saturated rings. The molecule has 4 rings (SSSR count). The standard InChI is InChI=1S/C20H20N2O4/c1-12-8-15(12)20(24)22-16-5-3-2-4-14(16)19(23)21-10-13-6-7-17-18(9-13)26-11-25-17/h2-7,9,12,15H,8,10-11H2,1H3,(H,21,23)(H,22,24)/t12-,15+/m1/s1. The molecule has 6 heteroatoms. The van der Waals surface area contributed by atoms with Crippen molar-refractivity contribution in [2.45, 2.75) is 19.9 Å². The number of rotatable bonds is 5. The highest BCUT2D eigenvalue weighted by atomic mass is 16.7. The molecule has 2 aromatic carbocycles. The van der Waals surface area contributed by atoms with Gasteiger partial charge in [0.1, 0.15) is 0 Å². The Morgan fingerprint density at radius 1 is 1.12 bits per heavy atom. The predicted octanol–water partition coefficient (Wildman–Crippen LogP) is 2.94. The molecule has 1 aliphatic heterocycles. The van der Waals surface area contributed by atoms with Gasteiger partial charge in [-0.2, -0.15) is 0 Å². The summed E-state index contributed by atoms with van der Waals surface area (Å²) in [6, 6.07) is 12.6. The van der Waals surface area contributed by atoms with E-state index in [2.05, 4.69) is 10.6 Å². The fraction of sp³-hybridized carbons (Fsp3) is 0.300. The first-order chi connectivity index (χ1) is 12.6. The van der Waals surface area contributed by atoms with Crippen molar-refractivity contribution < 1.29 is 19.1 Å². The first kappa shape index (κ1) is 16.4. The Morgan fingerprint density at radius 2 is 1.88 bits per heavy atom. The van der Waals surface area contributed by atoms with Crippen LogP contribution < -0.4 is 20.1 Å². The molecule has 2 aliphatic rings. The number of ether oxygens (including phenoxy) is 2. The molecule has 2 amide bonds. The monoisotopic (exact) mass is 352 g/mol. The summed E-state index contributed by atoms with van der Waals surface area (Å²) in [6.07, 6.45) is 0.907. The maximum atomic E-state index is 12.6. The fourth-order valence-electron chi connectivity index (χ4n) is 3.03. The van der Waals surface area contributed by atoms with Gasteiger partial charge in [-0.05, 0) is 42.2 Å². The van der Waals surface area contributed by atoms with Crippen LogP contribution in [0.2, 0.25) is 0 Å². The molecule has 2 N–H and O–H groups in total. The minimum atomic E-state index is -0.234. The van der Waals surface area contributed by atoms with E-state index in [0.717, 1.165) is 12.0 Å².